The van der Waals surface area contributed by atoms with Crippen molar-refractivity contribution in [2.75, 3.05) is 33.2 Å². The number of rotatable bonds is 5. The van der Waals surface area contributed by atoms with Crippen LogP contribution < -0.4 is 5.32 Å². The number of aryl methyl sites for hydroxylation is 1. The van der Waals surface area contributed by atoms with Gasteiger partial charge in [0, 0.05) is 51.9 Å². The van der Waals surface area contributed by atoms with Gasteiger partial charge in [0.2, 0.25) is 0 Å². The van der Waals surface area contributed by atoms with E-state index in [4.69, 9.17) is 4.52 Å². The van der Waals surface area contributed by atoms with Gasteiger partial charge in [-0.25, -0.2) is 0 Å². The predicted molar refractivity (Wildman–Crippen MR) is 107 cm³/mol. The summed E-state index contributed by atoms with van der Waals surface area (Å²) in [7, 11) is 1.89. The van der Waals surface area contributed by atoms with E-state index in [0.717, 1.165) is 62.5 Å². The van der Waals surface area contributed by atoms with Crippen molar-refractivity contribution in [3.05, 3.63) is 53.4 Å². The zero-order valence-electron chi connectivity index (χ0n) is 16.3. The first-order valence-corrected chi connectivity index (χ1v) is 9.88. The normalized spacial score (nSPS) is 23.5. The second kappa shape index (κ2) is 8.13. The zero-order chi connectivity index (χ0) is 18.6. The van der Waals surface area contributed by atoms with E-state index in [-0.39, 0.29) is 0 Å². The molecule has 2 aromatic rings. The highest BCUT2D eigenvalue weighted by atomic mass is 16.5. The molecule has 2 heterocycles. The van der Waals surface area contributed by atoms with Crippen LogP contribution in [-0.2, 0) is 13.0 Å². The largest absolute Gasteiger partial charge is 0.361 e. The lowest BCUT2D eigenvalue weighted by Crippen LogP contribution is -2.52. The third-order valence-electron chi connectivity index (χ3n) is 5.52. The molecule has 27 heavy (non-hydrogen) atoms. The van der Waals surface area contributed by atoms with Crippen LogP contribution in [0.5, 0.6) is 0 Å². The lowest BCUT2D eigenvalue weighted by Gasteiger charge is -2.36. The maximum Gasteiger partial charge on any atom is 0.193 e. The number of guanidine groups is 1. The molecule has 144 valence electrons. The average molecular weight is 367 g/mol. The molecule has 1 aliphatic carbocycles. The van der Waals surface area contributed by atoms with Gasteiger partial charge in [0.15, 0.2) is 5.96 Å². The summed E-state index contributed by atoms with van der Waals surface area (Å²) in [5.74, 6) is 2.65. The second-order valence-electron chi connectivity index (χ2n) is 7.68. The Morgan fingerprint density at radius 2 is 2.00 bits per heavy atom. The molecule has 4 rings (SSSR count). The average Bonchev–Trinajstić information content (AvgIpc) is 3.29. The van der Waals surface area contributed by atoms with Gasteiger partial charge in [0.25, 0.3) is 0 Å². The zero-order valence-corrected chi connectivity index (χ0v) is 16.3. The molecular formula is C21H29N5O. The smallest absolute Gasteiger partial charge is 0.193 e. The predicted octanol–water partition coefficient (Wildman–Crippen LogP) is 2.31. The Bertz CT molecular complexity index is 764. The van der Waals surface area contributed by atoms with Crippen LogP contribution in [-0.4, -0.2) is 60.2 Å². The van der Waals surface area contributed by atoms with E-state index in [0.29, 0.717) is 6.04 Å². The number of hydrogen-bond donors (Lipinski definition) is 1. The van der Waals surface area contributed by atoms with E-state index in [1.807, 2.05) is 20.0 Å². The lowest BCUT2D eigenvalue weighted by atomic mass is 10.1. The molecular weight excluding hydrogens is 338 g/mol. The van der Waals surface area contributed by atoms with Crippen molar-refractivity contribution in [3.63, 3.8) is 0 Å². The second-order valence-corrected chi connectivity index (χ2v) is 7.68. The number of aromatic nitrogens is 1. The van der Waals surface area contributed by atoms with Gasteiger partial charge in [0.05, 0.1) is 5.69 Å². The summed E-state index contributed by atoms with van der Waals surface area (Å²) < 4.78 is 5.17. The Morgan fingerprint density at radius 1 is 1.22 bits per heavy atom. The Labute approximate surface area is 161 Å². The topological polar surface area (TPSA) is 56.9 Å². The Morgan fingerprint density at radius 3 is 2.67 bits per heavy atom. The fourth-order valence-electron chi connectivity index (χ4n) is 3.87. The third kappa shape index (κ3) is 4.69. The summed E-state index contributed by atoms with van der Waals surface area (Å²) in [6.45, 7) is 6.82. The van der Waals surface area contributed by atoms with Crippen molar-refractivity contribution >= 4 is 5.96 Å². The standard InChI is InChI=1S/C21H29N5O/c1-16-12-19(24-27-16)15-25-8-10-26(11-9-25)21(22-2)23-20-14-18(20)13-17-6-4-3-5-7-17/h3-7,12,18,20H,8-11,13-15H2,1-2H3,(H,22,23). The van der Waals surface area contributed by atoms with Crippen LogP contribution in [0.1, 0.15) is 23.4 Å². The molecule has 1 aromatic heterocycles. The Kier molecular flexibility index (Phi) is 5.43. The molecule has 0 radical (unpaired) electrons. The molecule has 1 aliphatic heterocycles. The first-order valence-electron chi connectivity index (χ1n) is 9.88. The Hall–Kier alpha value is -2.34. The molecule has 2 fully saturated rings. The third-order valence-corrected chi connectivity index (χ3v) is 5.52. The molecule has 0 amide bonds. The van der Waals surface area contributed by atoms with E-state index in [2.05, 4.69) is 55.6 Å². The molecule has 0 spiro atoms. The van der Waals surface area contributed by atoms with Crippen LogP contribution in [0.2, 0.25) is 0 Å². The Balaban J connectivity index is 1.23. The van der Waals surface area contributed by atoms with Crippen LogP contribution in [0.25, 0.3) is 0 Å². The van der Waals surface area contributed by atoms with Gasteiger partial charge in [-0.1, -0.05) is 35.5 Å². The van der Waals surface area contributed by atoms with Crippen molar-refractivity contribution in [1.29, 1.82) is 0 Å². The molecule has 6 heteroatoms. The number of aliphatic imine (C=N–C) groups is 1. The van der Waals surface area contributed by atoms with E-state index < -0.39 is 0 Å². The highest BCUT2D eigenvalue weighted by Gasteiger charge is 2.38. The van der Waals surface area contributed by atoms with E-state index in [9.17, 15) is 0 Å². The van der Waals surface area contributed by atoms with Crippen molar-refractivity contribution in [3.8, 4) is 0 Å². The van der Waals surface area contributed by atoms with Gasteiger partial charge in [-0.3, -0.25) is 9.89 Å². The molecule has 0 bridgehead atoms. The van der Waals surface area contributed by atoms with Gasteiger partial charge >= 0.3 is 0 Å². The fourth-order valence-corrected chi connectivity index (χ4v) is 3.87. The summed E-state index contributed by atoms with van der Waals surface area (Å²) in [4.78, 5) is 9.34. The van der Waals surface area contributed by atoms with Gasteiger partial charge in [-0.05, 0) is 31.2 Å². The maximum absolute atomic E-state index is 5.17. The minimum Gasteiger partial charge on any atom is -0.361 e. The van der Waals surface area contributed by atoms with E-state index in [1.54, 1.807) is 0 Å². The monoisotopic (exact) mass is 367 g/mol. The molecule has 2 atom stereocenters. The van der Waals surface area contributed by atoms with Crippen LogP contribution in [0.3, 0.4) is 0 Å². The van der Waals surface area contributed by atoms with Crippen LogP contribution in [0.4, 0.5) is 0 Å². The summed E-state index contributed by atoms with van der Waals surface area (Å²) in [5.41, 5.74) is 2.45. The van der Waals surface area contributed by atoms with Crippen LogP contribution in [0.15, 0.2) is 45.9 Å². The van der Waals surface area contributed by atoms with Gasteiger partial charge in [-0.15, -0.1) is 0 Å². The van der Waals surface area contributed by atoms with E-state index in [1.165, 1.54) is 12.0 Å². The molecule has 2 aliphatic rings. The molecule has 6 nitrogen and oxygen atoms in total. The minimum atomic E-state index is 0.556. The number of nitrogens with zero attached hydrogens (tertiary/aromatic N) is 4. The number of piperazine rings is 1. The quantitative estimate of drug-likeness (QED) is 0.649. The number of nitrogens with one attached hydrogen (secondary N) is 1. The first kappa shape index (κ1) is 18.0. The first-order chi connectivity index (χ1) is 13.2. The summed E-state index contributed by atoms with van der Waals surface area (Å²) in [6.07, 6.45) is 2.39. The molecule has 1 N–H and O–H groups in total. The SMILES string of the molecule is CN=C(NC1CC1Cc1ccccc1)N1CCN(Cc2cc(C)on2)CC1. The molecule has 1 aromatic carbocycles. The van der Waals surface area contributed by atoms with Crippen molar-refractivity contribution in [2.45, 2.75) is 32.4 Å². The minimum absolute atomic E-state index is 0.556. The fraction of sp³-hybridized carbons (Fsp3) is 0.524. The van der Waals surface area contributed by atoms with Crippen LogP contribution in [0, 0.1) is 12.8 Å². The lowest BCUT2D eigenvalue weighted by molar-refractivity contribution is 0.169. The number of hydrogen-bond acceptors (Lipinski definition) is 4. The maximum atomic E-state index is 5.17. The highest BCUT2D eigenvalue weighted by Crippen LogP contribution is 2.33. The van der Waals surface area contributed by atoms with Crippen molar-refractivity contribution < 1.29 is 4.52 Å². The van der Waals surface area contributed by atoms with Crippen molar-refractivity contribution in [1.82, 2.24) is 20.3 Å². The van der Waals surface area contributed by atoms with E-state index >= 15 is 0 Å². The van der Waals surface area contributed by atoms with Crippen molar-refractivity contribution in [2.24, 2.45) is 10.9 Å². The van der Waals surface area contributed by atoms with Gasteiger partial charge in [-0.2, -0.15) is 0 Å². The van der Waals surface area contributed by atoms with Crippen LogP contribution >= 0.6 is 0 Å². The molecule has 1 saturated heterocycles. The highest BCUT2D eigenvalue weighted by molar-refractivity contribution is 5.80. The summed E-state index contributed by atoms with van der Waals surface area (Å²) in [5, 5.41) is 7.78. The molecule has 1 saturated carbocycles. The summed E-state index contributed by atoms with van der Waals surface area (Å²) >= 11 is 0. The summed E-state index contributed by atoms with van der Waals surface area (Å²) in [6, 6.07) is 13.3. The van der Waals surface area contributed by atoms with Gasteiger partial charge < -0.3 is 14.7 Å². The number of benzene rings is 1. The van der Waals surface area contributed by atoms with Gasteiger partial charge in [0.1, 0.15) is 5.76 Å². The molecule has 2 unspecified atom stereocenters.